The molecule has 2 amide bonds. The summed E-state index contributed by atoms with van der Waals surface area (Å²) in [7, 11) is 0. The van der Waals surface area contributed by atoms with Crippen molar-refractivity contribution in [3.8, 4) is 0 Å². The van der Waals surface area contributed by atoms with E-state index in [1.165, 1.54) is 12.1 Å². The van der Waals surface area contributed by atoms with Gasteiger partial charge in [0.1, 0.15) is 11.4 Å². The molecule has 5 N–H and O–H groups in total. The van der Waals surface area contributed by atoms with E-state index in [-0.39, 0.29) is 29.3 Å². The molecule has 1 heterocycles. The Morgan fingerprint density at radius 1 is 1.19 bits per heavy atom. The second-order valence-corrected chi connectivity index (χ2v) is 7.42. The maximum absolute atomic E-state index is 13.6. The van der Waals surface area contributed by atoms with E-state index in [0.717, 1.165) is 12.5 Å². The molecule has 1 saturated carbocycles. The fraction of sp³-hybridized carbons (Fsp3) is 0.333. The first-order chi connectivity index (χ1) is 15.2. The summed E-state index contributed by atoms with van der Waals surface area (Å²) in [4.78, 5) is 31.0. The van der Waals surface area contributed by atoms with Crippen LogP contribution in [0.3, 0.4) is 0 Å². The number of para-hydroxylation sites is 2. The summed E-state index contributed by atoms with van der Waals surface area (Å²) in [5.41, 5.74) is 4.80. The molecular formula is C21H23F3N6O2. The first-order valence-electron chi connectivity index (χ1n) is 9.97. The minimum Gasteiger partial charge on any atom is -0.369 e. The number of anilines is 4. The lowest BCUT2D eigenvalue weighted by Gasteiger charge is -2.28. The van der Waals surface area contributed by atoms with Gasteiger partial charge < -0.3 is 21.7 Å². The Kier molecular flexibility index (Phi) is 6.96. The fourth-order valence-corrected chi connectivity index (χ4v) is 3.53. The molecule has 0 radical (unpaired) electrons. The molecule has 1 aromatic heterocycles. The highest BCUT2D eigenvalue weighted by Crippen LogP contribution is 2.36. The average molecular weight is 448 g/mol. The lowest BCUT2D eigenvalue weighted by atomic mass is 9.85. The maximum atomic E-state index is 13.6. The van der Waals surface area contributed by atoms with E-state index >= 15 is 0 Å². The second kappa shape index (κ2) is 9.67. The predicted octanol–water partition coefficient (Wildman–Crippen LogP) is 3.82. The number of alkyl halides is 3. The highest BCUT2D eigenvalue weighted by Gasteiger charge is 2.36. The van der Waals surface area contributed by atoms with Crippen molar-refractivity contribution in [1.29, 1.82) is 0 Å². The normalized spacial score (nSPS) is 18.5. The zero-order chi connectivity index (χ0) is 23.3. The number of amides is 2. The van der Waals surface area contributed by atoms with Crippen LogP contribution in [0.5, 0.6) is 0 Å². The number of benzene rings is 1. The third kappa shape index (κ3) is 5.74. The largest absolute Gasteiger partial charge is 0.421 e. The van der Waals surface area contributed by atoms with Crippen molar-refractivity contribution in [1.82, 2.24) is 9.97 Å². The van der Waals surface area contributed by atoms with Crippen LogP contribution in [0.2, 0.25) is 0 Å². The van der Waals surface area contributed by atoms with Gasteiger partial charge in [-0.25, -0.2) is 4.98 Å². The van der Waals surface area contributed by atoms with Gasteiger partial charge in [-0.15, -0.1) is 0 Å². The first kappa shape index (κ1) is 23.0. The van der Waals surface area contributed by atoms with E-state index in [1.54, 1.807) is 12.1 Å². The van der Waals surface area contributed by atoms with Crippen molar-refractivity contribution < 1.29 is 22.8 Å². The number of halogens is 3. The Hall–Kier alpha value is -3.63. The number of carbonyl (C=O) groups excluding carboxylic acids is 2. The molecule has 0 bridgehead atoms. The van der Waals surface area contributed by atoms with Crippen molar-refractivity contribution in [3.05, 3.63) is 48.7 Å². The topological polar surface area (TPSA) is 122 Å². The van der Waals surface area contributed by atoms with Gasteiger partial charge in [-0.1, -0.05) is 25.1 Å². The van der Waals surface area contributed by atoms with Crippen LogP contribution >= 0.6 is 0 Å². The Labute approximate surface area is 182 Å². The van der Waals surface area contributed by atoms with E-state index in [9.17, 15) is 22.8 Å². The third-order valence-electron chi connectivity index (χ3n) is 5.13. The standard InChI is InChI=1S/C21H23F3N6O2/c1-2-17(31)28-15-8-3-4-9-16(15)29-19-14(21(22,23)24)11-26-20(30-19)27-13-7-5-6-12(10-13)18(25)32/h2-4,8-9,11-13H,1,5-7,10H2,(H2,25,32)(H,28,31)(H2,26,27,29,30)/t12-,13+/m0/s1. The smallest absolute Gasteiger partial charge is 0.369 e. The molecule has 1 aromatic carbocycles. The molecule has 8 nitrogen and oxygen atoms in total. The molecular weight excluding hydrogens is 425 g/mol. The summed E-state index contributed by atoms with van der Waals surface area (Å²) in [6.45, 7) is 3.36. The molecule has 0 spiro atoms. The minimum atomic E-state index is -4.71. The van der Waals surface area contributed by atoms with Crippen molar-refractivity contribution >= 4 is 35.0 Å². The maximum Gasteiger partial charge on any atom is 0.421 e. The molecule has 3 rings (SSSR count). The van der Waals surface area contributed by atoms with E-state index in [4.69, 9.17) is 5.73 Å². The molecule has 0 unspecified atom stereocenters. The fourth-order valence-electron chi connectivity index (χ4n) is 3.53. The predicted molar refractivity (Wildman–Crippen MR) is 114 cm³/mol. The van der Waals surface area contributed by atoms with Crippen LogP contribution in [-0.2, 0) is 15.8 Å². The molecule has 0 saturated heterocycles. The second-order valence-electron chi connectivity index (χ2n) is 7.42. The number of nitrogens with zero attached hydrogens (tertiary/aromatic N) is 2. The van der Waals surface area contributed by atoms with E-state index < -0.39 is 29.4 Å². The Balaban J connectivity index is 1.89. The number of carbonyl (C=O) groups is 2. The summed E-state index contributed by atoms with van der Waals surface area (Å²) < 4.78 is 40.7. The van der Waals surface area contributed by atoms with Gasteiger partial charge in [-0.3, -0.25) is 9.59 Å². The van der Waals surface area contributed by atoms with Gasteiger partial charge >= 0.3 is 6.18 Å². The summed E-state index contributed by atoms with van der Waals surface area (Å²) >= 11 is 0. The third-order valence-corrected chi connectivity index (χ3v) is 5.13. The molecule has 2 atom stereocenters. The molecule has 170 valence electrons. The van der Waals surface area contributed by atoms with Gasteiger partial charge in [-0.05, 0) is 37.5 Å². The number of hydrogen-bond acceptors (Lipinski definition) is 6. The first-order valence-corrected chi connectivity index (χ1v) is 9.97. The zero-order valence-electron chi connectivity index (χ0n) is 17.1. The van der Waals surface area contributed by atoms with Crippen molar-refractivity contribution in [3.63, 3.8) is 0 Å². The minimum absolute atomic E-state index is 0.0109. The number of aromatic nitrogens is 2. The van der Waals surface area contributed by atoms with Crippen LogP contribution in [-0.4, -0.2) is 27.8 Å². The van der Waals surface area contributed by atoms with Crippen molar-refractivity contribution in [2.24, 2.45) is 11.7 Å². The number of hydrogen-bond donors (Lipinski definition) is 4. The van der Waals surface area contributed by atoms with Gasteiger partial charge in [0.15, 0.2) is 0 Å². The SMILES string of the molecule is C=CC(=O)Nc1ccccc1Nc1nc(N[C@@H]2CCC[C@H](C(N)=O)C2)ncc1C(F)(F)F. The van der Waals surface area contributed by atoms with Crippen molar-refractivity contribution in [2.75, 3.05) is 16.0 Å². The van der Waals surface area contributed by atoms with E-state index in [1.807, 2.05) is 0 Å². The van der Waals surface area contributed by atoms with Gasteiger partial charge in [0.2, 0.25) is 17.8 Å². The molecule has 0 aliphatic heterocycles. The zero-order valence-corrected chi connectivity index (χ0v) is 17.1. The van der Waals surface area contributed by atoms with E-state index in [0.29, 0.717) is 25.5 Å². The van der Waals surface area contributed by atoms with Gasteiger partial charge in [0.25, 0.3) is 0 Å². The van der Waals surface area contributed by atoms with Gasteiger partial charge in [0.05, 0.1) is 11.4 Å². The summed E-state index contributed by atoms with van der Waals surface area (Å²) in [6.07, 6.45) is -0.353. The Morgan fingerprint density at radius 3 is 2.56 bits per heavy atom. The van der Waals surface area contributed by atoms with E-state index in [2.05, 4.69) is 32.5 Å². The summed E-state index contributed by atoms with van der Waals surface area (Å²) in [5, 5.41) is 8.18. The van der Waals surface area contributed by atoms with Crippen LogP contribution in [0.4, 0.5) is 36.3 Å². The Bertz CT molecular complexity index is 1010. The number of nitrogens with one attached hydrogen (secondary N) is 3. The monoisotopic (exact) mass is 448 g/mol. The molecule has 11 heteroatoms. The van der Waals surface area contributed by atoms with Gasteiger partial charge in [0, 0.05) is 18.2 Å². The van der Waals surface area contributed by atoms with Crippen LogP contribution in [0.1, 0.15) is 31.2 Å². The molecule has 2 aromatic rings. The van der Waals surface area contributed by atoms with Crippen molar-refractivity contribution in [2.45, 2.75) is 37.9 Å². The lowest BCUT2D eigenvalue weighted by Crippen LogP contribution is -2.34. The number of rotatable bonds is 7. The van der Waals surface area contributed by atoms with Gasteiger partial charge in [-0.2, -0.15) is 18.2 Å². The van der Waals surface area contributed by atoms with Crippen LogP contribution in [0.15, 0.2) is 43.1 Å². The van der Waals surface area contributed by atoms with Crippen LogP contribution in [0.25, 0.3) is 0 Å². The highest BCUT2D eigenvalue weighted by molar-refractivity contribution is 6.01. The average Bonchev–Trinajstić information content (AvgIpc) is 2.74. The van der Waals surface area contributed by atoms with Crippen LogP contribution < -0.4 is 21.7 Å². The summed E-state index contributed by atoms with van der Waals surface area (Å²) in [6, 6.07) is 6.08. The number of nitrogens with two attached hydrogens (primary N) is 1. The Morgan fingerprint density at radius 2 is 1.91 bits per heavy atom. The molecule has 32 heavy (non-hydrogen) atoms. The molecule has 1 aliphatic carbocycles. The van der Waals surface area contributed by atoms with Crippen LogP contribution in [0, 0.1) is 5.92 Å². The lowest BCUT2D eigenvalue weighted by molar-refractivity contribution is -0.137. The molecule has 1 fully saturated rings. The number of primary amides is 1. The highest BCUT2D eigenvalue weighted by atomic mass is 19.4. The quantitative estimate of drug-likeness (QED) is 0.478. The molecule has 1 aliphatic rings. The summed E-state index contributed by atoms with van der Waals surface area (Å²) in [5.74, 6) is -1.69.